The van der Waals surface area contributed by atoms with E-state index in [9.17, 15) is 36.5 Å². The van der Waals surface area contributed by atoms with Crippen molar-refractivity contribution in [2.24, 2.45) is 0 Å². The lowest BCUT2D eigenvalue weighted by atomic mass is 10.1. The van der Waals surface area contributed by atoms with Gasteiger partial charge in [-0.25, -0.2) is 8.42 Å². The number of nitrogens with zero attached hydrogens (tertiary/aromatic N) is 3. The molecule has 8 nitrogen and oxygen atoms in total. The summed E-state index contributed by atoms with van der Waals surface area (Å²) in [6.07, 6.45) is -4.66. The Balaban J connectivity index is 1.63. The maximum atomic E-state index is 12.9. The highest BCUT2D eigenvalue weighted by Crippen LogP contribution is 2.31. The number of carbonyl (C=O) groups excluding carboxylic acids is 1. The van der Waals surface area contributed by atoms with E-state index in [0.717, 1.165) is 22.5 Å². The molecule has 1 aliphatic rings. The van der Waals surface area contributed by atoms with Crippen LogP contribution in [0.2, 0.25) is 0 Å². The molecule has 1 amide bonds. The minimum absolute atomic E-state index is 0.00161. The SMILES string of the molecule is O=C(Cc1ccc([N+](=O)[O-])cc1)N1CCN(S(=O)(=O)c2cccc(C(F)(F)F)c2)CC1. The molecule has 166 valence electrons. The smallest absolute Gasteiger partial charge is 0.340 e. The highest BCUT2D eigenvalue weighted by atomic mass is 32.2. The van der Waals surface area contributed by atoms with E-state index in [1.54, 1.807) is 0 Å². The number of nitro groups is 1. The van der Waals surface area contributed by atoms with E-state index >= 15 is 0 Å². The molecule has 0 radical (unpaired) electrons. The number of rotatable bonds is 5. The normalized spacial score (nSPS) is 15.6. The van der Waals surface area contributed by atoms with Gasteiger partial charge in [-0.2, -0.15) is 17.5 Å². The zero-order valence-electron chi connectivity index (χ0n) is 16.1. The van der Waals surface area contributed by atoms with Crippen molar-refractivity contribution in [2.75, 3.05) is 26.2 Å². The van der Waals surface area contributed by atoms with E-state index in [1.165, 1.54) is 29.2 Å². The highest BCUT2D eigenvalue weighted by Gasteiger charge is 2.34. The number of piperazine rings is 1. The Hall–Kier alpha value is -2.99. The van der Waals surface area contributed by atoms with Crippen LogP contribution in [-0.4, -0.2) is 54.6 Å². The van der Waals surface area contributed by atoms with Crippen LogP contribution in [0, 0.1) is 10.1 Å². The maximum Gasteiger partial charge on any atom is 0.416 e. The first-order valence-electron chi connectivity index (χ1n) is 9.17. The van der Waals surface area contributed by atoms with Crippen LogP contribution in [0.1, 0.15) is 11.1 Å². The summed E-state index contributed by atoms with van der Waals surface area (Å²) in [6, 6.07) is 9.09. The number of benzene rings is 2. The summed E-state index contributed by atoms with van der Waals surface area (Å²) in [5.74, 6) is -0.273. The predicted molar refractivity (Wildman–Crippen MR) is 104 cm³/mol. The zero-order chi connectivity index (χ0) is 22.8. The Labute approximate surface area is 176 Å². The number of hydrogen-bond acceptors (Lipinski definition) is 5. The summed E-state index contributed by atoms with van der Waals surface area (Å²) in [4.78, 5) is 23.6. The van der Waals surface area contributed by atoms with Crippen molar-refractivity contribution < 1.29 is 31.3 Å². The molecule has 0 bridgehead atoms. The average molecular weight is 457 g/mol. The standard InChI is InChI=1S/C19H18F3N3O5S/c20-19(21,22)15-2-1-3-17(13-15)31(29,30)24-10-8-23(9-11-24)18(26)12-14-4-6-16(7-5-14)25(27)28/h1-7,13H,8-12H2. The van der Waals surface area contributed by atoms with Crippen LogP contribution in [-0.2, 0) is 27.4 Å². The van der Waals surface area contributed by atoms with E-state index in [0.29, 0.717) is 11.6 Å². The van der Waals surface area contributed by atoms with Gasteiger partial charge in [0.25, 0.3) is 5.69 Å². The Morgan fingerprint density at radius 2 is 1.65 bits per heavy atom. The molecule has 0 spiro atoms. The molecule has 1 aliphatic heterocycles. The van der Waals surface area contributed by atoms with Crippen LogP contribution < -0.4 is 0 Å². The molecule has 0 saturated carbocycles. The van der Waals surface area contributed by atoms with Gasteiger partial charge < -0.3 is 4.90 Å². The highest BCUT2D eigenvalue weighted by molar-refractivity contribution is 7.89. The molecule has 1 heterocycles. The molecule has 0 aliphatic carbocycles. The second-order valence-corrected chi connectivity index (χ2v) is 8.85. The lowest BCUT2D eigenvalue weighted by Gasteiger charge is -2.34. The molecule has 31 heavy (non-hydrogen) atoms. The van der Waals surface area contributed by atoms with E-state index in [1.807, 2.05) is 0 Å². The van der Waals surface area contributed by atoms with Gasteiger partial charge in [-0.1, -0.05) is 18.2 Å². The monoisotopic (exact) mass is 457 g/mol. The first kappa shape index (κ1) is 22.7. The summed E-state index contributed by atoms with van der Waals surface area (Å²) >= 11 is 0. The quantitative estimate of drug-likeness (QED) is 0.508. The predicted octanol–water partition coefficient (Wildman–Crippen LogP) is 2.69. The van der Waals surface area contributed by atoms with Crippen LogP contribution in [0.3, 0.4) is 0 Å². The van der Waals surface area contributed by atoms with Crippen LogP contribution in [0.4, 0.5) is 18.9 Å². The molecule has 0 atom stereocenters. The van der Waals surface area contributed by atoms with Crippen molar-refractivity contribution in [2.45, 2.75) is 17.5 Å². The van der Waals surface area contributed by atoms with Gasteiger partial charge in [0.15, 0.2) is 0 Å². The third-order valence-corrected chi connectivity index (χ3v) is 6.79. The fourth-order valence-corrected chi connectivity index (χ4v) is 4.65. The van der Waals surface area contributed by atoms with Gasteiger partial charge in [0, 0.05) is 38.3 Å². The zero-order valence-corrected chi connectivity index (χ0v) is 16.9. The first-order chi connectivity index (χ1) is 14.5. The molecule has 0 unspecified atom stereocenters. The number of nitro benzene ring substituents is 1. The minimum Gasteiger partial charge on any atom is -0.340 e. The number of carbonyl (C=O) groups is 1. The fourth-order valence-electron chi connectivity index (χ4n) is 3.18. The Morgan fingerprint density at radius 1 is 1.03 bits per heavy atom. The summed E-state index contributed by atoms with van der Waals surface area (Å²) in [5.41, 5.74) is -0.565. The molecule has 1 fully saturated rings. The summed E-state index contributed by atoms with van der Waals surface area (Å²) in [5, 5.41) is 10.7. The molecule has 0 aromatic heterocycles. The van der Waals surface area contributed by atoms with Gasteiger partial charge in [-0.15, -0.1) is 0 Å². The van der Waals surface area contributed by atoms with Crippen molar-refractivity contribution >= 4 is 21.6 Å². The molecule has 12 heteroatoms. The van der Waals surface area contributed by atoms with Crippen molar-refractivity contribution in [3.05, 3.63) is 69.8 Å². The summed E-state index contributed by atoms with van der Waals surface area (Å²) in [6.45, 7) is 0.0726. The first-order valence-corrected chi connectivity index (χ1v) is 10.6. The lowest BCUT2D eigenvalue weighted by Crippen LogP contribution is -2.50. The van der Waals surface area contributed by atoms with Crippen molar-refractivity contribution in [1.82, 2.24) is 9.21 Å². The Morgan fingerprint density at radius 3 is 2.19 bits per heavy atom. The molecule has 1 saturated heterocycles. The Bertz CT molecular complexity index is 1080. The van der Waals surface area contributed by atoms with Crippen molar-refractivity contribution in [3.8, 4) is 0 Å². The number of sulfonamides is 1. The molecule has 2 aromatic carbocycles. The number of non-ortho nitro benzene ring substituents is 1. The summed E-state index contributed by atoms with van der Waals surface area (Å²) in [7, 11) is -4.13. The maximum absolute atomic E-state index is 12.9. The van der Waals surface area contributed by atoms with Gasteiger partial charge in [0.2, 0.25) is 15.9 Å². The average Bonchev–Trinajstić information content (AvgIpc) is 2.73. The lowest BCUT2D eigenvalue weighted by molar-refractivity contribution is -0.384. The van der Waals surface area contributed by atoms with Crippen LogP contribution in [0.5, 0.6) is 0 Å². The second kappa shape index (κ2) is 8.63. The number of hydrogen-bond donors (Lipinski definition) is 0. The fraction of sp³-hybridized carbons (Fsp3) is 0.316. The second-order valence-electron chi connectivity index (χ2n) is 6.91. The molecule has 2 aromatic rings. The minimum atomic E-state index is -4.66. The van der Waals surface area contributed by atoms with Gasteiger partial charge in [0.1, 0.15) is 0 Å². The van der Waals surface area contributed by atoms with E-state index in [4.69, 9.17) is 0 Å². The van der Waals surface area contributed by atoms with Crippen LogP contribution >= 0.6 is 0 Å². The third-order valence-electron chi connectivity index (χ3n) is 4.89. The van der Waals surface area contributed by atoms with E-state index in [2.05, 4.69) is 0 Å². The Kier molecular flexibility index (Phi) is 6.32. The topological polar surface area (TPSA) is 101 Å². The number of halogens is 3. The third kappa shape index (κ3) is 5.20. The molecule has 0 N–H and O–H groups in total. The summed E-state index contributed by atoms with van der Waals surface area (Å²) < 4.78 is 65.2. The van der Waals surface area contributed by atoms with Gasteiger partial charge in [-0.3, -0.25) is 14.9 Å². The van der Waals surface area contributed by atoms with Crippen molar-refractivity contribution in [3.63, 3.8) is 0 Å². The van der Waals surface area contributed by atoms with Gasteiger partial charge in [0.05, 0.1) is 21.8 Å². The number of alkyl halides is 3. The van der Waals surface area contributed by atoms with Crippen LogP contribution in [0.25, 0.3) is 0 Å². The van der Waals surface area contributed by atoms with Crippen LogP contribution in [0.15, 0.2) is 53.4 Å². The van der Waals surface area contributed by atoms with E-state index < -0.39 is 31.6 Å². The van der Waals surface area contributed by atoms with Gasteiger partial charge >= 0.3 is 6.18 Å². The van der Waals surface area contributed by atoms with E-state index in [-0.39, 0.29) is 44.2 Å². The van der Waals surface area contributed by atoms with Gasteiger partial charge in [-0.05, 0) is 23.8 Å². The van der Waals surface area contributed by atoms with Crippen molar-refractivity contribution in [1.29, 1.82) is 0 Å². The number of amides is 1. The largest absolute Gasteiger partial charge is 0.416 e. The molecule has 3 rings (SSSR count). The molecular formula is C19H18F3N3O5S. The molecular weight excluding hydrogens is 439 g/mol.